The van der Waals surface area contributed by atoms with Crippen molar-refractivity contribution in [2.75, 3.05) is 11.9 Å². The van der Waals surface area contributed by atoms with Crippen LogP contribution in [0.4, 0.5) is 5.69 Å². The van der Waals surface area contributed by atoms with Crippen LogP contribution in [-0.2, 0) is 11.3 Å². The van der Waals surface area contributed by atoms with Gasteiger partial charge in [-0.25, -0.2) is 5.43 Å². The molecule has 0 radical (unpaired) electrons. The molecule has 1 heterocycles. The molecule has 1 aromatic heterocycles. The number of nitrogens with zero attached hydrogens (tertiary/aromatic N) is 4. The van der Waals surface area contributed by atoms with E-state index in [1.54, 1.807) is 6.21 Å². The van der Waals surface area contributed by atoms with E-state index in [-0.39, 0.29) is 5.91 Å². The average Bonchev–Trinajstić information content (AvgIpc) is 3.32. The van der Waals surface area contributed by atoms with Gasteiger partial charge in [0.05, 0.1) is 24.6 Å². The number of thioether (sulfide) groups is 1. The predicted molar refractivity (Wildman–Crippen MR) is 149 cm³/mol. The van der Waals surface area contributed by atoms with E-state index in [1.165, 1.54) is 17.3 Å². The number of carbonyl (C=O) groups is 1. The number of aromatic nitrogens is 3. The fraction of sp³-hybridized carbons (Fsp3) is 0.214. The van der Waals surface area contributed by atoms with Gasteiger partial charge < -0.3 is 10.1 Å². The first-order valence-corrected chi connectivity index (χ1v) is 12.9. The lowest BCUT2D eigenvalue weighted by molar-refractivity contribution is -0.120. The van der Waals surface area contributed by atoms with Crippen LogP contribution in [-0.4, -0.2) is 38.7 Å². The van der Waals surface area contributed by atoms with Crippen molar-refractivity contribution in [3.8, 4) is 11.4 Å². The van der Waals surface area contributed by atoms with Crippen LogP contribution >= 0.6 is 11.8 Å². The van der Waals surface area contributed by atoms with Crippen molar-refractivity contribution in [3.05, 3.63) is 95.8 Å². The lowest BCUT2D eigenvalue weighted by atomic mass is 10.2. The second kappa shape index (κ2) is 12.7. The lowest BCUT2D eigenvalue weighted by Crippen LogP contribution is -2.27. The van der Waals surface area contributed by atoms with Gasteiger partial charge in [-0.1, -0.05) is 47.7 Å². The number of aryl methyl sites for hydroxylation is 1. The van der Waals surface area contributed by atoms with Gasteiger partial charge in [-0.15, -0.1) is 10.2 Å². The summed E-state index contributed by atoms with van der Waals surface area (Å²) >= 11 is 1.33. The van der Waals surface area contributed by atoms with Crippen molar-refractivity contribution in [1.82, 2.24) is 20.2 Å². The number of para-hydroxylation sites is 1. The van der Waals surface area contributed by atoms with E-state index in [9.17, 15) is 4.79 Å². The monoisotopic (exact) mass is 514 g/mol. The molecule has 0 unspecified atom stereocenters. The Morgan fingerprint density at radius 3 is 2.49 bits per heavy atom. The van der Waals surface area contributed by atoms with Gasteiger partial charge in [-0.3, -0.25) is 9.36 Å². The molecule has 0 aliphatic rings. The van der Waals surface area contributed by atoms with E-state index in [0.717, 1.165) is 28.5 Å². The highest BCUT2D eigenvalue weighted by atomic mass is 32.2. The molecule has 0 aliphatic carbocycles. The first-order valence-electron chi connectivity index (χ1n) is 12.1. The van der Waals surface area contributed by atoms with Crippen LogP contribution in [0.25, 0.3) is 5.69 Å². The Hall–Kier alpha value is -4.11. The summed E-state index contributed by atoms with van der Waals surface area (Å²) in [4.78, 5) is 12.7. The topological polar surface area (TPSA) is 93.4 Å². The minimum Gasteiger partial charge on any atom is -0.494 e. The normalized spacial score (nSPS) is 11.9. The molecule has 8 nitrogen and oxygen atoms in total. The van der Waals surface area contributed by atoms with Crippen LogP contribution in [0, 0.1) is 6.92 Å². The predicted octanol–water partition coefficient (Wildman–Crippen LogP) is 5.22. The van der Waals surface area contributed by atoms with Crippen molar-refractivity contribution >= 4 is 29.6 Å². The minimum atomic E-state index is -0.443. The van der Waals surface area contributed by atoms with Crippen molar-refractivity contribution in [1.29, 1.82) is 0 Å². The van der Waals surface area contributed by atoms with Gasteiger partial charge in [0, 0.05) is 11.4 Å². The SMILES string of the molecule is CCOc1ccc(/C=N\NC(=O)[C@@H](C)Sc2nnc(CNc3ccc(C)cc3)n2-c2ccccc2)cc1. The zero-order valence-electron chi connectivity index (χ0n) is 21.1. The number of hydrazone groups is 1. The summed E-state index contributed by atoms with van der Waals surface area (Å²) in [5.41, 5.74) is 6.61. The van der Waals surface area contributed by atoms with E-state index in [1.807, 2.05) is 85.1 Å². The molecule has 0 saturated heterocycles. The number of nitrogens with one attached hydrogen (secondary N) is 2. The molecule has 2 N–H and O–H groups in total. The summed E-state index contributed by atoms with van der Waals surface area (Å²) in [6.07, 6.45) is 1.60. The fourth-order valence-electron chi connectivity index (χ4n) is 3.47. The summed E-state index contributed by atoms with van der Waals surface area (Å²) in [5, 5.41) is 16.5. The Balaban J connectivity index is 1.43. The fourth-order valence-corrected chi connectivity index (χ4v) is 4.35. The summed E-state index contributed by atoms with van der Waals surface area (Å²) in [7, 11) is 0. The third kappa shape index (κ3) is 7.20. The standard InChI is InChI=1S/C28H30N6O2S/c1-4-36-25-16-12-22(13-17-25)18-30-32-27(35)21(3)37-28-33-31-26(34(28)24-8-6-5-7-9-24)19-29-23-14-10-20(2)11-15-23/h5-18,21,29H,4,19H2,1-3H3,(H,32,35)/b30-18-/t21-/m1/s1. The average molecular weight is 515 g/mol. The van der Waals surface area contributed by atoms with Crippen LogP contribution in [0.3, 0.4) is 0 Å². The third-order valence-electron chi connectivity index (χ3n) is 5.45. The van der Waals surface area contributed by atoms with E-state index in [0.29, 0.717) is 18.3 Å². The number of ether oxygens (including phenoxy) is 1. The smallest absolute Gasteiger partial charge is 0.253 e. The number of anilines is 1. The summed E-state index contributed by atoms with van der Waals surface area (Å²) in [6.45, 7) is 6.92. The third-order valence-corrected chi connectivity index (χ3v) is 6.49. The molecule has 37 heavy (non-hydrogen) atoms. The largest absolute Gasteiger partial charge is 0.494 e. The molecule has 9 heteroatoms. The van der Waals surface area contributed by atoms with E-state index in [2.05, 4.69) is 45.1 Å². The first kappa shape index (κ1) is 26.0. The van der Waals surface area contributed by atoms with Gasteiger partial charge in [-0.05, 0) is 74.9 Å². The molecule has 1 amide bonds. The number of amides is 1. The zero-order chi connectivity index (χ0) is 26.0. The van der Waals surface area contributed by atoms with Crippen LogP contribution in [0.1, 0.15) is 30.8 Å². The van der Waals surface area contributed by atoms with E-state index < -0.39 is 5.25 Å². The van der Waals surface area contributed by atoms with Crippen molar-refractivity contribution in [3.63, 3.8) is 0 Å². The maximum absolute atomic E-state index is 12.7. The van der Waals surface area contributed by atoms with Crippen molar-refractivity contribution in [2.45, 2.75) is 37.7 Å². The molecule has 0 spiro atoms. The van der Waals surface area contributed by atoms with Crippen molar-refractivity contribution < 1.29 is 9.53 Å². The molecular formula is C28H30N6O2S. The Labute approximate surface area is 221 Å². The maximum atomic E-state index is 12.7. The van der Waals surface area contributed by atoms with Gasteiger partial charge in [0.15, 0.2) is 11.0 Å². The van der Waals surface area contributed by atoms with Gasteiger partial charge in [-0.2, -0.15) is 5.10 Å². The Morgan fingerprint density at radius 1 is 1.05 bits per heavy atom. The Morgan fingerprint density at radius 2 is 1.78 bits per heavy atom. The highest BCUT2D eigenvalue weighted by molar-refractivity contribution is 8.00. The molecule has 0 aliphatic heterocycles. The first-order chi connectivity index (χ1) is 18.0. The lowest BCUT2D eigenvalue weighted by Gasteiger charge is -2.13. The van der Waals surface area contributed by atoms with Crippen LogP contribution < -0.4 is 15.5 Å². The molecule has 190 valence electrons. The quantitative estimate of drug-likeness (QED) is 0.162. The van der Waals surface area contributed by atoms with Gasteiger partial charge in [0.25, 0.3) is 5.91 Å². The van der Waals surface area contributed by atoms with Crippen LogP contribution in [0.15, 0.2) is 89.1 Å². The van der Waals surface area contributed by atoms with Gasteiger partial charge in [0.2, 0.25) is 0 Å². The molecule has 0 bridgehead atoms. The number of carbonyl (C=O) groups excluding carboxylic acids is 1. The molecule has 0 saturated carbocycles. The molecule has 4 aromatic rings. The number of benzene rings is 3. The van der Waals surface area contributed by atoms with Gasteiger partial charge in [0.1, 0.15) is 5.75 Å². The second-order valence-electron chi connectivity index (χ2n) is 8.29. The second-order valence-corrected chi connectivity index (χ2v) is 9.59. The summed E-state index contributed by atoms with van der Waals surface area (Å²) < 4.78 is 7.41. The van der Waals surface area contributed by atoms with Crippen molar-refractivity contribution in [2.24, 2.45) is 5.10 Å². The van der Waals surface area contributed by atoms with Crippen LogP contribution in [0.5, 0.6) is 5.75 Å². The number of hydrogen-bond acceptors (Lipinski definition) is 7. The molecule has 1 atom stereocenters. The highest BCUT2D eigenvalue weighted by Gasteiger charge is 2.21. The maximum Gasteiger partial charge on any atom is 0.253 e. The minimum absolute atomic E-state index is 0.228. The van der Waals surface area contributed by atoms with E-state index in [4.69, 9.17) is 4.74 Å². The Bertz CT molecular complexity index is 1320. The van der Waals surface area contributed by atoms with E-state index >= 15 is 0 Å². The molecule has 4 rings (SSSR count). The summed E-state index contributed by atoms with van der Waals surface area (Å²) in [5.74, 6) is 1.31. The zero-order valence-corrected chi connectivity index (χ0v) is 21.9. The van der Waals surface area contributed by atoms with Gasteiger partial charge >= 0.3 is 0 Å². The number of hydrogen-bond donors (Lipinski definition) is 2. The molecule has 0 fully saturated rings. The highest BCUT2D eigenvalue weighted by Crippen LogP contribution is 2.26. The molecule has 3 aromatic carbocycles. The Kier molecular flexibility index (Phi) is 8.93. The molecular weight excluding hydrogens is 484 g/mol. The van der Waals surface area contributed by atoms with Crippen LogP contribution in [0.2, 0.25) is 0 Å². The summed E-state index contributed by atoms with van der Waals surface area (Å²) in [6, 6.07) is 25.6. The number of rotatable bonds is 11.